The molecule has 5 heteroatoms. The molecule has 2 aromatic rings. The van der Waals surface area contributed by atoms with Crippen LogP contribution >= 0.6 is 0 Å². The van der Waals surface area contributed by atoms with Crippen LogP contribution < -0.4 is 9.47 Å². The molecule has 0 saturated carbocycles. The maximum Gasteiger partial charge on any atom is 0.170 e. The summed E-state index contributed by atoms with van der Waals surface area (Å²) in [5.74, 6) is 0.729. The number of methoxy groups -OCH3 is 2. The molecule has 0 bridgehead atoms. The van der Waals surface area contributed by atoms with Gasteiger partial charge < -0.3 is 19.7 Å². The Labute approximate surface area is 141 Å². The molecule has 0 aliphatic heterocycles. The minimum Gasteiger partial charge on any atom is -0.508 e. The monoisotopic (exact) mass is 330 g/mol. The molecule has 0 heterocycles. The lowest BCUT2D eigenvalue weighted by atomic mass is 9.96. The molecule has 0 unspecified atom stereocenters. The first-order chi connectivity index (χ1) is 11.4. The number of phenols is 2. The van der Waals surface area contributed by atoms with Crippen molar-refractivity contribution in [3.63, 3.8) is 0 Å². The Bertz CT molecular complexity index is 748. The van der Waals surface area contributed by atoms with Crippen molar-refractivity contribution in [1.29, 1.82) is 0 Å². The number of Topliss-reactive ketones (excluding diaryl/α,β-unsaturated/α-hetero) is 1. The molecule has 0 saturated heterocycles. The first-order valence-electron chi connectivity index (χ1n) is 7.65. The minimum atomic E-state index is -0.203. The molecule has 2 N–H and O–H groups in total. The number of rotatable bonds is 6. The summed E-state index contributed by atoms with van der Waals surface area (Å²) in [5, 5.41) is 19.7. The van der Waals surface area contributed by atoms with Crippen LogP contribution in [0.25, 0.3) is 0 Å². The van der Waals surface area contributed by atoms with E-state index < -0.39 is 0 Å². The third kappa shape index (κ3) is 3.30. The lowest BCUT2D eigenvalue weighted by molar-refractivity contribution is 0.0976. The van der Waals surface area contributed by atoms with Crippen molar-refractivity contribution < 1.29 is 24.5 Å². The Morgan fingerprint density at radius 2 is 1.54 bits per heavy atom. The number of aryl methyl sites for hydroxylation is 1. The molecule has 0 spiro atoms. The van der Waals surface area contributed by atoms with Gasteiger partial charge in [0.15, 0.2) is 5.78 Å². The van der Waals surface area contributed by atoms with E-state index in [1.165, 1.54) is 14.2 Å². The van der Waals surface area contributed by atoms with Crippen molar-refractivity contribution in [2.75, 3.05) is 14.2 Å². The molecule has 128 valence electrons. The van der Waals surface area contributed by atoms with Crippen LogP contribution in [0.5, 0.6) is 23.0 Å². The van der Waals surface area contributed by atoms with Crippen molar-refractivity contribution in [3.05, 3.63) is 46.5 Å². The molecule has 0 fully saturated rings. The average molecular weight is 330 g/mol. The van der Waals surface area contributed by atoms with Gasteiger partial charge in [0.25, 0.3) is 0 Å². The van der Waals surface area contributed by atoms with E-state index >= 15 is 0 Å². The number of hydrogen-bond acceptors (Lipinski definition) is 5. The van der Waals surface area contributed by atoms with Crippen molar-refractivity contribution in [2.45, 2.75) is 26.7 Å². The van der Waals surface area contributed by atoms with Gasteiger partial charge in [-0.25, -0.2) is 0 Å². The van der Waals surface area contributed by atoms with Crippen LogP contribution in [-0.2, 0) is 6.42 Å². The number of aromatic hydroxyl groups is 2. The largest absolute Gasteiger partial charge is 0.508 e. The van der Waals surface area contributed by atoms with Gasteiger partial charge in [-0.3, -0.25) is 4.79 Å². The topological polar surface area (TPSA) is 76.0 Å². The maximum absolute atomic E-state index is 12.7. The van der Waals surface area contributed by atoms with Crippen LogP contribution in [0.2, 0.25) is 0 Å². The predicted molar refractivity (Wildman–Crippen MR) is 91.4 cm³/mol. The molecular weight excluding hydrogens is 308 g/mol. The molecule has 5 nitrogen and oxygen atoms in total. The zero-order valence-corrected chi connectivity index (χ0v) is 14.3. The Balaban J connectivity index is 2.33. The van der Waals surface area contributed by atoms with Crippen LogP contribution in [-0.4, -0.2) is 30.2 Å². The van der Waals surface area contributed by atoms with E-state index in [1.54, 1.807) is 38.1 Å². The second-order valence-electron chi connectivity index (χ2n) is 5.63. The summed E-state index contributed by atoms with van der Waals surface area (Å²) < 4.78 is 10.6. The lowest BCUT2D eigenvalue weighted by Gasteiger charge is -2.18. The van der Waals surface area contributed by atoms with Crippen molar-refractivity contribution in [3.8, 4) is 23.0 Å². The summed E-state index contributed by atoms with van der Waals surface area (Å²) in [7, 11) is 2.98. The Morgan fingerprint density at radius 3 is 2.08 bits per heavy atom. The molecule has 24 heavy (non-hydrogen) atoms. The maximum atomic E-state index is 12.7. The fraction of sp³-hybridized carbons (Fsp3) is 0.316. The Kier molecular flexibility index (Phi) is 5.34. The fourth-order valence-electron chi connectivity index (χ4n) is 2.84. The van der Waals surface area contributed by atoms with Crippen molar-refractivity contribution in [1.82, 2.24) is 0 Å². The molecule has 0 aromatic heterocycles. The zero-order valence-electron chi connectivity index (χ0n) is 14.3. The van der Waals surface area contributed by atoms with Gasteiger partial charge in [-0.1, -0.05) is 12.1 Å². The molecule has 2 aromatic carbocycles. The molecule has 2 rings (SSSR count). The third-order valence-electron chi connectivity index (χ3n) is 4.11. The van der Waals surface area contributed by atoms with Gasteiger partial charge in [-0.15, -0.1) is 0 Å². The van der Waals surface area contributed by atoms with Crippen molar-refractivity contribution in [2.24, 2.45) is 0 Å². The molecular formula is C19H22O5. The summed E-state index contributed by atoms with van der Waals surface area (Å²) >= 11 is 0. The first-order valence-corrected chi connectivity index (χ1v) is 7.65. The van der Waals surface area contributed by atoms with Gasteiger partial charge in [0.2, 0.25) is 0 Å². The Hall–Kier alpha value is -2.69. The highest BCUT2D eigenvalue weighted by molar-refractivity contribution is 6.02. The summed E-state index contributed by atoms with van der Waals surface area (Å²) in [5.41, 5.74) is 2.32. The highest BCUT2D eigenvalue weighted by Crippen LogP contribution is 2.42. The van der Waals surface area contributed by atoms with Gasteiger partial charge in [-0.05, 0) is 38.0 Å². The number of carbonyl (C=O) groups is 1. The number of hydrogen-bond donors (Lipinski definition) is 2. The smallest absolute Gasteiger partial charge is 0.170 e. The van der Waals surface area contributed by atoms with E-state index in [4.69, 9.17) is 9.47 Å². The number of phenolic OH excluding ortho intramolecular Hbond substituents is 2. The normalized spacial score (nSPS) is 10.5. The number of carbonyl (C=O) groups excluding carboxylic acids is 1. The molecule has 0 aliphatic carbocycles. The summed E-state index contributed by atoms with van der Waals surface area (Å²) in [6.45, 7) is 3.50. The lowest BCUT2D eigenvalue weighted by Crippen LogP contribution is -2.08. The van der Waals surface area contributed by atoms with E-state index in [-0.39, 0.29) is 29.3 Å². The van der Waals surface area contributed by atoms with E-state index in [1.807, 2.05) is 0 Å². The summed E-state index contributed by atoms with van der Waals surface area (Å²) in [4.78, 5) is 12.7. The highest BCUT2D eigenvalue weighted by atomic mass is 16.5. The molecule has 0 radical (unpaired) electrons. The average Bonchev–Trinajstić information content (AvgIpc) is 2.57. The number of ketones is 1. The van der Waals surface area contributed by atoms with E-state index in [2.05, 4.69) is 0 Å². The summed E-state index contributed by atoms with van der Waals surface area (Å²) in [6, 6.07) is 6.70. The molecule has 0 aliphatic rings. The van der Waals surface area contributed by atoms with Gasteiger partial charge in [0.05, 0.1) is 14.2 Å². The minimum absolute atomic E-state index is 0.106. The fourth-order valence-corrected chi connectivity index (χ4v) is 2.84. The molecule has 0 amide bonds. The Morgan fingerprint density at radius 1 is 0.958 bits per heavy atom. The van der Waals surface area contributed by atoms with Crippen LogP contribution in [0.15, 0.2) is 24.3 Å². The number of ether oxygens (including phenoxy) is 2. The second-order valence-corrected chi connectivity index (χ2v) is 5.63. The van der Waals surface area contributed by atoms with Gasteiger partial charge >= 0.3 is 0 Å². The second kappa shape index (κ2) is 7.25. The first kappa shape index (κ1) is 17.7. The van der Waals surface area contributed by atoms with E-state index in [0.717, 1.165) is 5.56 Å². The van der Waals surface area contributed by atoms with Gasteiger partial charge in [0, 0.05) is 17.5 Å². The predicted octanol–water partition coefficient (Wildman–Crippen LogP) is 3.55. The van der Waals surface area contributed by atoms with Crippen LogP contribution in [0.4, 0.5) is 0 Å². The number of benzene rings is 2. The molecule has 0 atom stereocenters. The quantitative estimate of drug-likeness (QED) is 0.792. The van der Waals surface area contributed by atoms with E-state index in [9.17, 15) is 15.0 Å². The van der Waals surface area contributed by atoms with Crippen LogP contribution in [0, 0.1) is 13.8 Å². The standard InChI is InChI=1S/C19H22O5/c1-11-17(22)16(19(24-4)12(2)18(11)23-3)15(21)10-7-13-5-8-14(20)9-6-13/h5-6,8-9,20,22H,7,10H2,1-4H3. The van der Waals surface area contributed by atoms with Crippen LogP contribution in [0.3, 0.4) is 0 Å². The SMILES string of the molecule is COc1c(C)c(O)c(C(=O)CCc2ccc(O)cc2)c(OC)c1C. The third-order valence-corrected chi connectivity index (χ3v) is 4.11. The van der Waals surface area contributed by atoms with Gasteiger partial charge in [-0.2, -0.15) is 0 Å². The van der Waals surface area contributed by atoms with Crippen molar-refractivity contribution >= 4 is 5.78 Å². The van der Waals surface area contributed by atoms with Crippen LogP contribution in [0.1, 0.15) is 33.5 Å². The highest BCUT2D eigenvalue weighted by Gasteiger charge is 2.25. The van der Waals surface area contributed by atoms with E-state index in [0.29, 0.717) is 29.0 Å². The summed E-state index contributed by atoms with van der Waals surface area (Å²) in [6.07, 6.45) is 0.728. The van der Waals surface area contributed by atoms with Gasteiger partial charge in [0.1, 0.15) is 28.6 Å². The zero-order chi connectivity index (χ0) is 17.9.